The molecule has 36 heavy (non-hydrogen) atoms. The van der Waals surface area contributed by atoms with Gasteiger partial charge in [-0.2, -0.15) is 0 Å². The molecule has 6 heteroatoms. The molecule has 2 aliphatic rings. The molecule has 0 aromatic heterocycles. The van der Waals surface area contributed by atoms with E-state index < -0.39 is 0 Å². The molecule has 0 bridgehead atoms. The van der Waals surface area contributed by atoms with E-state index in [-0.39, 0.29) is 12.2 Å². The second kappa shape index (κ2) is 11.9. The summed E-state index contributed by atoms with van der Waals surface area (Å²) in [6, 6.07) is 24.9. The van der Waals surface area contributed by atoms with Crippen LogP contribution in [-0.2, 0) is 18.9 Å². The molecule has 6 nitrogen and oxygen atoms in total. The molecule has 2 saturated heterocycles. The van der Waals surface area contributed by atoms with E-state index in [4.69, 9.17) is 28.4 Å². The van der Waals surface area contributed by atoms with Crippen LogP contribution in [-0.4, -0.2) is 64.1 Å². The van der Waals surface area contributed by atoms with Crippen LogP contribution in [0.1, 0.15) is 13.8 Å². The molecular weight excluding hydrogens is 456 g/mol. The molecule has 190 valence electrons. The molecule has 3 aromatic rings. The van der Waals surface area contributed by atoms with E-state index in [0.29, 0.717) is 51.8 Å². The van der Waals surface area contributed by atoms with Crippen LogP contribution in [0.4, 0.5) is 0 Å². The predicted molar refractivity (Wildman–Crippen MR) is 139 cm³/mol. The minimum Gasteiger partial charge on any atom is -0.491 e. The summed E-state index contributed by atoms with van der Waals surface area (Å²) in [4.78, 5) is 0. The van der Waals surface area contributed by atoms with Crippen LogP contribution < -0.4 is 9.47 Å². The van der Waals surface area contributed by atoms with Crippen LogP contribution in [0.2, 0.25) is 0 Å². The van der Waals surface area contributed by atoms with Crippen LogP contribution in [0.15, 0.2) is 72.8 Å². The van der Waals surface area contributed by atoms with Gasteiger partial charge in [0.05, 0.1) is 38.6 Å². The molecule has 5 rings (SSSR count). The second-order valence-electron chi connectivity index (χ2n) is 9.23. The standard InChI is InChI=1S/C30H34O6/c1-21-29(35-21)19-31-15-17-33-27-11-7-25(8-12-27)23-3-5-24(6-4-23)26-9-13-28(14-10-26)34-18-16-32-20-30-22(2)36-30/h3-14,21-22,29-30H,15-20H2,1-2H3. The maximum absolute atomic E-state index is 5.78. The van der Waals surface area contributed by atoms with Crippen LogP contribution in [0, 0.1) is 0 Å². The Balaban J connectivity index is 1.05. The average molecular weight is 491 g/mol. The highest BCUT2D eigenvalue weighted by molar-refractivity contribution is 5.71. The predicted octanol–water partition coefficient (Wildman–Crippen LogP) is 5.39. The monoisotopic (exact) mass is 490 g/mol. The van der Waals surface area contributed by atoms with Crippen molar-refractivity contribution in [3.63, 3.8) is 0 Å². The Labute approximate surface area is 213 Å². The summed E-state index contributed by atoms with van der Waals surface area (Å²) in [5.74, 6) is 1.69. The Bertz CT molecular complexity index is 991. The topological polar surface area (TPSA) is 62.0 Å². The first-order valence-electron chi connectivity index (χ1n) is 12.7. The van der Waals surface area contributed by atoms with Gasteiger partial charge in [0.25, 0.3) is 0 Å². The van der Waals surface area contributed by atoms with Crippen molar-refractivity contribution in [2.24, 2.45) is 0 Å². The van der Waals surface area contributed by atoms with E-state index in [2.05, 4.69) is 62.4 Å². The highest BCUT2D eigenvalue weighted by Gasteiger charge is 2.34. The van der Waals surface area contributed by atoms with Crippen molar-refractivity contribution in [2.45, 2.75) is 38.3 Å². The number of hydrogen-bond acceptors (Lipinski definition) is 6. The molecule has 0 amide bonds. The fourth-order valence-corrected chi connectivity index (χ4v) is 3.99. The van der Waals surface area contributed by atoms with Gasteiger partial charge in [0.15, 0.2) is 0 Å². The number of rotatable bonds is 14. The summed E-state index contributed by atoms with van der Waals surface area (Å²) in [6.07, 6.45) is 1.19. The van der Waals surface area contributed by atoms with Gasteiger partial charge in [-0.15, -0.1) is 0 Å². The first kappa shape index (κ1) is 24.8. The maximum Gasteiger partial charge on any atom is 0.119 e. The molecule has 0 N–H and O–H groups in total. The minimum atomic E-state index is 0.261. The van der Waals surface area contributed by atoms with Crippen LogP contribution in [0.3, 0.4) is 0 Å². The minimum absolute atomic E-state index is 0.261. The van der Waals surface area contributed by atoms with Crippen LogP contribution in [0.5, 0.6) is 11.5 Å². The molecule has 2 fully saturated rings. The third kappa shape index (κ3) is 7.08. The van der Waals surface area contributed by atoms with Crippen LogP contribution in [0.25, 0.3) is 22.3 Å². The van der Waals surface area contributed by atoms with Gasteiger partial charge in [-0.1, -0.05) is 48.5 Å². The maximum atomic E-state index is 5.78. The van der Waals surface area contributed by atoms with Crippen molar-refractivity contribution in [1.82, 2.24) is 0 Å². The van der Waals surface area contributed by atoms with Crippen molar-refractivity contribution in [2.75, 3.05) is 39.6 Å². The van der Waals surface area contributed by atoms with Gasteiger partial charge in [0.2, 0.25) is 0 Å². The zero-order valence-corrected chi connectivity index (χ0v) is 20.9. The molecule has 4 atom stereocenters. The first-order chi connectivity index (χ1) is 17.7. The number of benzene rings is 3. The van der Waals surface area contributed by atoms with Gasteiger partial charge >= 0.3 is 0 Å². The molecule has 0 aliphatic carbocycles. The number of hydrogen-bond donors (Lipinski definition) is 0. The van der Waals surface area contributed by atoms with Gasteiger partial charge in [-0.3, -0.25) is 0 Å². The Morgan fingerprint density at radius 3 is 1.11 bits per heavy atom. The largest absolute Gasteiger partial charge is 0.491 e. The third-order valence-electron chi connectivity index (χ3n) is 6.49. The van der Waals surface area contributed by atoms with E-state index in [0.717, 1.165) is 33.8 Å². The number of ether oxygens (including phenoxy) is 6. The molecular formula is C30H34O6. The highest BCUT2D eigenvalue weighted by atomic mass is 16.6. The smallest absolute Gasteiger partial charge is 0.119 e. The summed E-state index contributed by atoms with van der Waals surface area (Å²) in [5, 5.41) is 0. The fourth-order valence-electron chi connectivity index (χ4n) is 3.99. The second-order valence-corrected chi connectivity index (χ2v) is 9.23. The SMILES string of the molecule is CC1OC1COCCOc1ccc(-c2ccc(-c3ccc(OCCOCC4OC4C)cc3)cc2)cc1. The average Bonchev–Trinajstić information content (AvgIpc) is 3.82. The molecule has 2 heterocycles. The first-order valence-corrected chi connectivity index (χ1v) is 12.7. The number of epoxide rings is 2. The van der Waals surface area contributed by atoms with Crippen LogP contribution >= 0.6 is 0 Å². The van der Waals surface area contributed by atoms with E-state index in [1.165, 1.54) is 0 Å². The van der Waals surface area contributed by atoms with Crippen molar-refractivity contribution < 1.29 is 28.4 Å². The third-order valence-corrected chi connectivity index (χ3v) is 6.49. The zero-order valence-electron chi connectivity index (χ0n) is 20.9. The van der Waals surface area contributed by atoms with Crippen molar-refractivity contribution >= 4 is 0 Å². The molecule has 0 saturated carbocycles. The lowest BCUT2D eigenvalue weighted by atomic mass is 10.0. The Morgan fingerprint density at radius 1 is 0.500 bits per heavy atom. The lowest BCUT2D eigenvalue weighted by Crippen LogP contribution is -2.10. The lowest BCUT2D eigenvalue weighted by molar-refractivity contribution is 0.0878. The van der Waals surface area contributed by atoms with Gasteiger partial charge in [0, 0.05) is 0 Å². The zero-order chi connectivity index (χ0) is 24.7. The van der Waals surface area contributed by atoms with E-state index >= 15 is 0 Å². The summed E-state index contributed by atoms with van der Waals surface area (Å²) in [7, 11) is 0. The Hall–Kier alpha value is -2.90. The summed E-state index contributed by atoms with van der Waals surface area (Å²) < 4.78 is 33.3. The van der Waals surface area contributed by atoms with Gasteiger partial charge < -0.3 is 28.4 Å². The van der Waals surface area contributed by atoms with Gasteiger partial charge in [-0.25, -0.2) is 0 Å². The summed E-state index contributed by atoms with van der Waals surface area (Å²) in [6.45, 7) is 7.58. The molecule has 0 radical (unpaired) electrons. The summed E-state index contributed by atoms with van der Waals surface area (Å²) in [5.41, 5.74) is 4.63. The normalized spacial score (nSPS) is 22.3. The molecule has 0 spiro atoms. The highest BCUT2D eigenvalue weighted by Crippen LogP contribution is 2.28. The van der Waals surface area contributed by atoms with Gasteiger partial charge in [-0.05, 0) is 60.4 Å². The van der Waals surface area contributed by atoms with Crippen molar-refractivity contribution in [3.05, 3.63) is 72.8 Å². The molecule has 4 unspecified atom stereocenters. The molecule has 3 aromatic carbocycles. The summed E-state index contributed by atoms with van der Waals surface area (Å²) >= 11 is 0. The van der Waals surface area contributed by atoms with Crippen molar-refractivity contribution in [3.8, 4) is 33.8 Å². The van der Waals surface area contributed by atoms with Gasteiger partial charge in [0.1, 0.15) is 36.9 Å². The van der Waals surface area contributed by atoms with Crippen molar-refractivity contribution in [1.29, 1.82) is 0 Å². The molecule has 2 aliphatic heterocycles. The lowest BCUT2D eigenvalue weighted by Gasteiger charge is -2.09. The quantitative estimate of drug-likeness (QED) is 0.223. The van der Waals surface area contributed by atoms with E-state index in [1.54, 1.807) is 0 Å². The van der Waals surface area contributed by atoms with E-state index in [1.807, 2.05) is 24.3 Å². The fraction of sp³-hybridized carbons (Fsp3) is 0.400. The Kier molecular flexibility index (Phi) is 8.18. The Morgan fingerprint density at radius 2 is 0.806 bits per heavy atom. The van der Waals surface area contributed by atoms with E-state index in [9.17, 15) is 0 Å².